The molecule has 150 valence electrons. The van der Waals surface area contributed by atoms with E-state index in [9.17, 15) is 14.9 Å². The molecule has 0 bridgehead atoms. The van der Waals surface area contributed by atoms with Crippen LogP contribution in [0.15, 0.2) is 47.3 Å². The second-order valence-electron chi connectivity index (χ2n) is 6.73. The molecule has 8 nitrogen and oxygen atoms in total. The van der Waals surface area contributed by atoms with Crippen molar-refractivity contribution in [3.63, 3.8) is 0 Å². The number of hydrogen-bond acceptors (Lipinski definition) is 4. The molecule has 1 aromatic heterocycles. The first kappa shape index (κ1) is 20.3. The van der Waals surface area contributed by atoms with Gasteiger partial charge in [-0.05, 0) is 56.8 Å². The highest BCUT2D eigenvalue weighted by Crippen LogP contribution is 2.26. The lowest BCUT2D eigenvalue weighted by atomic mass is 10.1. The monoisotopic (exact) mass is 411 g/mol. The van der Waals surface area contributed by atoms with Crippen molar-refractivity contribution in [3.8, 4) is 5.69 Å². The molecule has 0 aliphatic heterocycles. The van der Waals surface area contributed by atoms with E-state index in [1.54, 1.807) is 29.4 Å². The zero-order chi connectivity index (χ0) is 21.3. The summed E-state index contributed by atoms with van der Waals surface area (Å²) < 4.78 is 3.28. The Morgan fingerprint density at radius 1 is 1.07 bits per heavy atom. The molecule has 2 aromatic carbocycles. The minimum absolute atomic E-state index is 0.00299. The van der Waals surface area contributed by atoms with E-state index in [0.29, 0.717) is 22.6 Å². The summed E-state index contributed by atoms with van der Waals surface area (Å²) in [5.41, 5.74) is 3.43. The molecule has 2 N–H and O–H groups in total. The second-order valence-corrected chi connectivity index (χ2v) is 7.13. The van der Waals surface area contributed by atoms with Crippen LogP contribution in [0.3, 0.4) is 0 Å². The first-order valence-electron chi connectivity index (χ1n) is 8.88. The summed E-state index contributed by atoms with van der Waals surface area (Å²) in [4.78, 5) is 23.7. The number of nitro benzene ring substituents is 1. The SMILES string of the molecule is Cc1cc(C)c([N+](=O)[O-])cc1NC(=S)Nc1c(C)n(C)n(-c2ccccc2)c1=O. The molecule has 0 saturated carbocycles. The number of aryl methyl sites for hydroxylation is 2. The van der Waals surface area contributed by atoms with Crippen molar-refractivity contribution in [3.05, 3.63) is 79.8 Å². The summed E-state index contributed by atoms with van der Waals surface area (Å²) in [6, 6.07) is 12.4. The van der Waals surface area contributed by atoms with Crippen LogP contribution in [0.4, 0.5) is 17.1 Å². The maximum absolute atomic E-state index is 13.0. The highest BCUT2D eigenvalue weighted by atomic mass is 32.1. The molecule has 0 saturated heterocycles. The molecule has 9 heteroatoms. The van der Waals surface area contributed by atoms with E-state index >= 15 is 0 Å². The molecule has 0 spiro atoms. The first-order chi connectivity index (χ1) is 13.7. The molecule has 29 heavy (non-hydrogen) atoms. The quantitative estimate of drug-likeness (QED) is 0.385. The lowest BCUT2D eigenvalue weighted by Crippen LogP contribution is -2.25. The van der Waals surface area contributed by atoms with Crippen molar-refractivity contribution >= 4 is 34.4 Å². The van der Waals surface area contributed by atoms with E-state index in [4.69, 9.17) is 12.2 Å². The Balaban J connectivity index is 1.90. The van der Waals surface area contributed by atoms with Crippen molar-refractivity contribution < 1.29 is 4.92 Å². The van der Waals surface area contributed by atoms with Crippen LogP contribution in [0.1, 0.15) is 16.8 Å². The largest absolute Gasteiger partial charge is 0.332 e. The average Bonchev–Trinajstić information content (AvgIpc) is 2.87. The van der Waals surface area contributed by atoms with Gasteiger partial charge in [0.25, 0.3) is 11.2 Å². The summed E-state index contributed by atoms with van der Waals surface area (Å²) in [6.07, 6.45) is 0. The lowest BCUT2D eigenvalue weighted by molar-refractivity contribution is -0.385. The zero-order valence-electron chi connectivity index (χ0n) is 16.5. The summed E-state index contributed by atoms with van der Waals surface area (Å²) in [7, 11) is 1.79. The van der Waals surface area contributed by atoms with Gasteiger partial charge in [-0.25, -0.2) is 4.68 Å². The van der Waals surface area contributed by atoms with E-state index in [0.717, 1.165) is 11.3 Å². The number of hydrogen-bond donors (Lipinski definition) is 2. The van der Waals surface area contributed by atoms with Crippen molar-refractivity contribution in [2.45, 2.75) is 20.8 Å². The normalized spacial score (nSPS) is 10.6. The lowest BCUT2D eigenvalue weighted by Gasteiger charge is -2.12. The van der Waals surface area contributed by atoms with Gasteiger partial charge in [0.2, 0.25) is 0 Å². The molecule has 0 fully saturated rings. The van der Waals surface area contributed by atoms with Gasteiger partial charge < -0.3 is 10.6 Å². The number of aromatic nitrogens is 2. The van der Waals surface area contributed by atoms with E-state index < -0.39 is 4.92 Å². The molecular formula is C20H21N5O3S. The standard InChI is InChI=1S/C20H21N5O3S/c1-12-10-13(2)17(25(27)28)11-16(12)21-20(29)22-18-14(3)23(4)24(19(18)26)15-8-6-5-7-9-15/h5-11H,1-4H3,(H2,21,22,29). The maximum atomic E-state index is 13.0. The number of nitrogens with one attached hydrogen (secondary N) is 2. The molecule has 0 amide bonds. The van der Waals surface area contributed by atoms with Gasteiger partial charge >= 0.3 is 0 Å². The highest BCUT2D eigenvalue weighted by Gasteiger charge is 2.18. The van der Waals surface area contributed by atoms with E-state index in [1.165, 1.54) is 6.07 Å². The molecule has 0 unspecified atom stereocenters. The number of thiocarbonyl (C=S) groups is 1. The summed E-state index contributed by atoms with van der Waals surface area (Å²) >= 11 is 5.36. The van der Waals surface area contributed by atoms with Crippen LogP contribution in [0.5, 0.6) is 0 Å². The van der Waals surface area contributed by atoms with Crippen LogP contribution in [0.2, 0.25) is 0 Å². The summed E-state index contributed by atoms with van der Waals surface area (Å²) in [5, 5.41) is 17.3. The Bertz CT molecular complexity index is 1170. The first-order valence-corrected chi connectivity index (χ1v) is 9.29. The van der Waals surface area contributed by atoms with Crippen molar-refractivity contribution in [2.75, 3.05) is 10.6 Å². The van der Waals surface area contributed by atoms with Crippen LogP contribution < -0.4 is 16.2 Å². The molecule has 1 heterocycles. The van der Waals surface area contributed by atoms with Crippen molar-refractivity contribution in [2.24, 2.45) is 7.05 Å². The molecular weight excluding hydrogens is 390 g/mol. The van der Waals surface area contributed by atoms with Crippen LogP contribution >= 0.6 is 12.2 Å². The average molecular weight is 411 g/mol. The fourth-order valence-corrected chi connectivity index (χ4v) is 3.36. The third-order valence-electron chi connectivity index (χ3n) is 4.78. The third kappa shape index (κ3) is 3.90. The maximum Gasteiger partial charge on any atom is 0.295 e. The van der Waals surface area contributed by atoms with Crippen molar-refractivity contribution in [1.29, 1.82) is 0 Å². The minimum atomic E-state index is -0.434. The fourth-order valence-electron chi connectivity index (χ4n) is 3.15. The van der Waals surface area contributed by atoms with Gasteiger partial charge in [-0.3, -0.25) is 19.6 Å². The molecule has 0 radical (unpaired) electrons. The number of rotatable bonds is 4. The van der Waals surface area contributed by atoms with Gasteiger partial charge in [0, 0.05) is 18.7 Å². The Kier molecular flexibility index (Phi) is 5.51. The fraction of sp³-hybridized carbons (Fsp3) is 0.200. The molecule has 3 aromatic rings. The van der Waals surface area contributed by atoms with Crippen LogP contribution in [0, 0.1) is 30.9 Å². The van der Waals surface area contributed by atoms with E-state index in [-0.39, 0.29) is 16.4 Å². The van der Waals surface area contributed by atoms with Crippen LogP contribution in [-0.2, 0) is 7.05 Å². The number of nitro groups is 1. The summed E-state index contributed by atoms with van der Waals surface area (Å²) in [6.45, 7) is 5.33. The van der Waals surface area contributed by atoms with Gasteiger partial charge in [-0.15, -0.1) is 0 Å². The Morgan fingerprint density at radius 2 is 1.72 bits per heavy atom. The van der Waals surface area contributed by atoms with E-state index in [2.05, 4.69) is 10.6 Å². The van der Waals surface area contributed by atoms with E-state index in [1.807, 2.05) is 44.2 Å². The topological polar surface area (TPSA) is 94.1 Å². The second kappa shape index (κ2) is 7.88. The van der Waals surface area contributed by atoms with Gasteiger partial charge in [0.05, 0.1) is 22.0 Å². The Labute approximate surface area is 172 Å². The minimum Gasteiger partial charge on any atom is -0.332 e. The van der Waals surface area contributed by atoms with Gasteiger partial charge in [0.1, 0.15) is 5.69 Å². The predicted octanol–water partition coefficient (Wildman–Crippen LogP) is 3.82. The molecule has 0 aliphatic carbocycles. The predicted molar refractivity (Wildman–Crippen MR) is 118 cm³/mol. The number of benzene rings is 2. The van der Waals surface area contributed by atoms with Crippen LogP contribution in [0.25, 0.3) is 5.69 Å². The van der Waals surface area contributed by atoms with Gasteiger partial charge in [0.15, 0.2) is 5.11 Å². The van der Waals surface area contributed by atoms with Crippen molar-refractivity contribution in [1.82, 2.24) is 9.36 Å². The Hall–Kier alpha value is -3.46. The number of nitrogens with zero attached hydrogens (tertiary/aromatic N) is 3. The molecule has 0 aliphatic rings. The highest BCUT2D eigenvalue weighted by molar-refractivity contribution is 7.80. The number of para-hydroxylation sites is 1. The summed E-state index contributed by atoms with van der Waals surface area (Å²) in [5.74, 6) is 0. The van der Waals surface area contributed by atoms with Gasteiger partial charge in [-0.2, -0.15) is 0 Å². The molecule has 3 rings (SSSR count). The number of anilines is 2. The third-order valence-corrected chi connectivity index (χ3v) is 4.98. The zero-order valence-corrected chi connectivity index (χ0v) is 17.3. The molecule has 0 atom stereocenters. The smallest absolute Gasteiger partial charge is 0.295 e. The van der Waals surface area contributed by atoms with Gasteiger partial charge in [-0.1, -0.05) is 18.2 Å². The van der Waals surface area contributed by atoms with Crippen LogP contribution in [-0.4, -0.2) is 19.4 Å². The Morgan fingerprint density at radius 3 is 2.34 bits per heavy atom.